The Labute approximate surface area is 215 Å². The van der Waals surface area contributed by atoms with Crippen LogP contribution in [0.1, 0.15) is 15.9 Å². The molecular weight excluding hydrogens is 533 g/mol. The van der Waals surface area contributed by atoms with Gasteiger partial charge >= 0.3 is 6.18 Å². The molecule has 0 aliphatic heterocycles. The van der Waals surface area contributed by atoms with Crippen LogP contribution in [0.15, 0.2) is 83.6 Å². The molecule has 0 aliphatic rings. The molecule has 4 aromatic rings. The fraction of sp³-hybridized carbons (Fsp3) is 0.185. The molecule has 0 bridgehead atoms. The van der Waals surface area contributed by atoms with Gasteiger partial charge in [-0.3, -0.25) is 9.78 Å². The Kier molecular flexibility index (Phi) is 7.61. The monoisotopic (exact) mass is 556 g/mol. The first-order valence-corrected chi connectivity index (χ1v) is 12.0. The van der Waals surface area contributed by atoms with Crippen molar-refractivity contribution in [3.63, 3.8) is 0 Å². The maximum absolute atomic E-state index is 14.0. The number of amides is 1. The predicted octanol–water partition coefficient (Wildman–Crippen LogP) is 6.28. The lowest BCUT2D eigenvalue weighted by atomic mass is 10.1. The number of alkyl halides is 3. The van der Waals surface area contributed by atoms with E-state index in [0.29, 0.717) is 35.6 Å². The Hall–Kier alpha value is -3.43. The highest BCUT2D eigenvalue weighted by Crippen LogP contribution is 2.39. The molecule has 36 heavy (non-hydrogen) atoms. The number of likely N-dealkylation sites (N-methyl/N-ethyl adjacent to an activating group) is 1. The third-order valence-corrected chi connectivity index (χ3v) is 6.16. The van der Waals surface area contributed by atoms with Crippen molar-refractivity contribution in [2.24, 2.45) is 0 Å². The topological polar surface area (TPSA) is 50.2 Å². The van der Waals surface area contributed by atoms with Gasteiger partial charge in [0.15, 0.2) is 0 Å². The molecule has 186 valence electrons. The van der Waals surface area contributed by atoms with E-state index in [1.54, 1.807) is 41.0 Å². The molecule has 2 aromatic heterocycles. The van der Waals surface area contributed by atoms with Gasteiger partial charge < -0.3 is 14.8 Å². The van der Waals surface area contributed by atoms with E-state index in [1.165, 1.54) is 6.20 Å². The van der Waals surface area contributed by atoms with Crippen molar-refractivity contribution in [2.45, 2.75) is 6.18 Å². The molecule has 0 atom stereocenters. The van der Waals surface area contributed by atoms with Gasteiger partial charge in [-0.1, -0.05) is 40.2 Å². The van der Waals surface area contributed by atoms with Gasteiger partial charge in [0, 0.05) is 29.3 Å². The van der Waals surface area contributed by atoms with Gasteiger partial charge in [0.1, 0.15) is 0 Å². The van der Waals surface area contributed by atoms with Gasteiger partial charge in [0.05, 0.1) is 28.8 Å². The standard InChI is InChI=1S/C27H24BrF3N4O/c1-34(2)15-14-33-26(36)20-5-3-4-19(16-20)24-11-10-23(18-6-8-21(28)9-7-18)35(24)25-17-32-13-12-22(25)27(29,30)31/h3-13,16-17H,14-15H2,1-2H3,(H,33,36). The second-order valence-electron chi connectivity index (χ2n) is 8.48. The number of aromatic nitrogens is 2. The molecule has 0 aliphatic carbocycles. The van der Waals surface area contributed by atoms with E-state index < -0.39 is 11.7 Å². The number of benzene rings is 2. The van der Waals surface area contributed by atoms with Gasteiger partial charge in [-0.2, -0.15) is 13.2 Å². The van der Waals surface area contributed by atoms with Crippen LogP contribution in [0.2, 0.25) is 0 Å². The Bertz CT molecular complexity index is 1360. The minimum Gasteiger partial charge on any atom is -0.351 e. The van der Waals surface area contributed by atoms with E-state index in [0.717, 1.165) is 22.3 Å². The molecule has 1 N–H and O–H groups in total. The Morgan fingerprint density at radius 3 is 2.36 bits per heavy atom. The third kappa shape index (κ3) is 5.68. The van der Waals surface area contributed by atoms with E-state index in [1.807, 2.05) is 43.3 Å². The van der Waals surface area contributed by atoms with Gasteiger partial charge in [-0.25, -0.2) is 0 Å². The average Bonchev–Trinajstić information content (AvgIpc) is 3.29. The maximum Gasteiger partial charge on any atom is 0.418 e. The zero-order valence-electron chi connectivity index (χ0n) is 19.7. The highest BCUT2D eigenvalue weighted by Gasteiger charge is 2.35. The molecule has 4 rings (SSSR count). The summed E-state index contributed by atoms with van der Waals surface area (Å²) in [5.74, 6) is -0.248. The van der Waals surface area contributed by atoms with Gasteiger partial charge in [-0.15, -0.1) is 0 Å². The Morgan fingerprint density at radius 1 is 1.00 bits per heavy atom. The van der Waals surface area contributed by atoms with Gasteiger partial charge in [-0.05, 0) is 67.7 Å². The summed E-state index contributed by atoms with van der Waals surface area (Å²) in [5.41, 5.74) is 1.95. The molecule has 0 spiro atoms. The molecule has 1 amide bonds. The lowest BCUT2D eigenvalue weighted by Gasteiger charge is -2.19. The SMILES string of the molecule is CN(C)CCNC(=O)c1cccc(-c2ccc(-c3ccc(Br)cc3)n2-c2cnccc2C(F)(F)F)c1. The first-order valence-electron chi connectivity index (χ1n) is 11.2. The number of hydrogen-bond donors (Lipinski definition) is 1. The summed E-state index contributed by atoms with van der Waals surface area (Å²) in [5, 5.41) is 2.87. The summed E-state index contributed by atoms with van der Waals surface area (Å²) in [4.78, 5) is 18.7. The molecule has 0 saturated heterocycles. The number of carbonyl (C=O) groups is 1. The molecule has 0 fully saturated rings. The van der Waals surface area contributed by atoms with E-state index in [-0.39, 0.29) is 11.6 Å². The van der Waals surface area contributed by atoms with E-state index >= 15 is 0 Å². The lowest BCUT2D eigenvalue weighted by molar-refractivity contribution is -0.137. The molecule has 2 aromatic carbocycles. The minimum atomic E-state index is -4.58. The number of nitrogens with zero attached hydrogens (tertiary/aromatic N) is 3. The van der Waals surface area contributed by atoms with Crippen molar-refractivity contribution in [3.05, 3.63) is 94.7 Å². The fourth-order valence-corrected chi connectivity index (χ4v) is 4.15. The molecule has 5 nitrogen and oxygen atoms in total. The van der Waals surface area contributed by atoms with Crippen molar-refractivity contribution in [2.75, 3.05) is 27.2 Å². The first kappa shape index (κ1) is 25.7. The number of pyridine rings is 1. The molecular formula is C27H24BrF3N4O. The van der Waals surface area contributed by atoms with Crippen LogP contribution in [-0.2, 0) is 6.18 Å². The van der Waals surface area contributed by atoms with Crippen molar-refractivity contribution in [3.8, 4) is 28.2 Å². The van der Waals surface area contributed by atoms with Crippen LogP contribution in [0.25, 0.3) is 28.2 Å². The van der Waals surface area contributed by atoms with Gasteiger partial charge in [0.25, 0.3) is 5.91 Å². The van der Waals surface area contributed by atoms with Crippen molar-refractivity contribution in [1.82, 2.24) is 19.8 Å². The van der Waals surface area contributed by atoms with Crippen molar-refractivity contribution in [1.29, 1.82) is 0 Å². The van der Waals surface area contributed by atoms with E-state index in [9.17, 15) is 18.0 Å². The highest BCUT2D eigenvalue weighted by molar-refractivity contribution is 9.10. The Balaban J connectivity index is 1.85. The average molecular weight is 557 g/mol. The van der Waals surface area contributed by atoms with Crippen LogP contribution in [-0.4, -0.2) is 47.5 Å². The van der Waals surface area contributed by atoms with Crippen molar-refractivity contribution >= 4 is 21.8 Å². The summed E-state index contributed by atoms with van der Waals surface area (Å²) in [6, 6.07) is 18.7. The number of rotatable bonds is 7. The normalized spacial score (nSPS) is 11.6. The van der Waals surface area contributed by atoms with E-state index in [2.05, 4.69) is 26.2 Å². The van der Waals surface area contributed by atoms with Crippen LogP contribution in [0.3, 0.4) is 0 Å². The zero-order valence-corrected chi connectivity index (χ0v) is 21.3. The van der Waals surface area contributed by atoms with Crippen LogP contribution < -0.4 is 5.32 Å². The highest BCUT2D eigenvalue weighted by atomic mass is 79.9. The summed E-state index contributed by atoms with van der Waals surface area (Å²) >= 11 is 3.40. The molecule has 9 heteroatoms. The summed E-state index contributed by atoms with van der Waals surface area (Å²) in [6.45, 7) is 1.16. The second kappa shape index (κ2) is 10.7. The lowest BCUT2D eigenvalue weighted by Crippen LogP contribution is -2.31. The van der Waals surface area contributed by atoms with Crippen LogP contribution >= 0.6 is 15.9 Å². The number of hydrogen-bond acceptors (Lipinski definition) is 3. The maximum atomic E-state index is 14.0. The zero-order chi connectivity index (χ0) is 25.9. The summed E-state index contributed by atoms with van der Waals surface area (Å²) < 4.78 is 44.4. The van der Waals surface area contributed by atoms with E-state index in [4.69, 9.17) is 0 Å². The predicted molar refractivity (Wildman–Crippen MR) is 138 cm³/mol. The molecule has 0 radical (unpaired) electrons. The number of nitrogens with one attached hydrogen (secondary N) is 1. The number of halogens is 4. The Morgan fingerprint density at radius 2 is 1.69 bits per heavy atom. The summed E-state index contributed by atoms with van der Waals surface area (Å²) in [6.07, 6.45) is -2.23. The van der Waals surface area contributed by atoms with Crippen LogP contribution in [0.5, 0.6) is 0 Å². The third-order valence-electron chi connectivity index (χ3n) is 5.63. The second-order valence-corrected chi connectivity index (χ2v) is 9.39. The molecule has 0 saturated carbocycles. The van der Waals surface area contributed by atoms with Crippen molar-refractivity contribution < 1.29 is 18.0 Å². The van der Waals surface area contributed by atoms with Crippen LogP contribution in [0.4, 0.5) is 13.2 Å². The molecule has 0 unspecified atom stereocenters. The molecule has 2 heterocycles. The fourth-order valence-electron chi connectivity index (χ4n) is 3.89. The first-order chi connectivity index (χ1) is 17.1. The van der Waals surface area contributed by atoms with Crippen LogP contribution in [0, 0.1) is 0 Å². The summed E-state index contributed by atoms with van der Waals surface area (Å²) in [7, 11) is 3.83. The minimum absolute atomic E-state index is 0.0937. The number of carbonyl (C=O) groups excluding carboxylic acids is 1. The smallest absolute Gasteiger partial charge is 0.351 e. The van der Waals surface area contributed by atoms with Gasteiger partial charge in [0.2, 0.25) is 0 Å². The largest absolute Gasteiger partial charge is 0.418 e. The quantitative estimate of drug-likeness (QED) is 0.291.